The van der Waals surface area contributed by atoms with E-state index in [-0.39, 0.29) is 11.6 Å². The van der Waals surface area contributed by atoms with Crippen molar-refractivity contribution in [1.29, 1.82) is 0 Å². The summed E-state index contributed by atoms with van der Waals surface area (Å²) in [5, 5.41) is 0. The molecule has 1 aliphatic heterocycles. The molecule has 0 N–H and O–H groups in total. The fourth-order valence-corrected chi connectivity index (χ4v) is 4.15. The molecule has 0 saturated carbocycles. The summed E-state index contributed by atoms with van der Waals surface area (Å²) >= 11 is 5.44. The van der Waals surface area contributed by atoms with Gasteiger partial charge in [0.15, 0.2) is 17.2 Å². The molecule has 1 aliphatic rings. The maximum Gasteiger partial charge on any atom is 0.363 e. The molecule has 3 aromatic rings. The minimum Gasteiger partial charge on any atom is -0.493 e. The molecule has 0 radical (unpaired) electrons. The van der Waals surface area contributed by atoms with Crippen molar-refractivity contribution in [3.63, 3.8) is 0 Å². The number of ether oxygens (including phenoxy) is 3. The summed E-state index contributed by atoms with van der Waals surface area (Å²) in [6.07, 6.45) is 1.60. The first-order chi connectivity index (χ1) is 15.9. The Balaban J connectivity index is 1.63. The van der Waals surface area contributed by atoms with Crippen molar-refractivity contribution in [2.24, 2.45) is 4.99 Å². The van der Waals surface area contributed by atoms with Crippen molar-refractivity contribution in [1.82, 2.24) is 0 Å². The van der Waals surface area contributed by atoms with Crippen molar-refractivity contribution < 1.29 is 23.8 Å². The number of benzene rings is 3. The summed E-state index contributed by atoms with van der Waals surface area (Å²) in [5.74, 6) is -0.111. The smallest absolute Gasteiger partial charge is 0.363 e. The number of hydrogen-bond donors (Lipinski definition) is 0. The van der Waals surface area contributed by atoms with Crippen molar-refractivity contribution in [2.75, 3.05) is 7.11 Å². The van der Waals surface area contributed by atoms with Gasteiger partial charge in [-0.3, -0.25) is 0 Å². The van der Waals surface area contributed by atoms with E-state index in [1.54, 1.807) is 30.3 Å². The summed E-state index contributed by atoms with van der Waals surface area (Å²) in [6.45, 7) is 1.85. The van der Waals surface area contributed by atoms with Gasteiger partial charge in [-0.2, -0.15) is 0 Å². The van der Waals surface area contributed by atoms with Crippen LogP contribution in [-0.2, 0) is 9.53 Å². The van der Waals surface area contributed by atoms with Gasteiger partial charge >= 0.3 is 11.9 Å². The molecule has 3 aromatic carbocycles. The Morgan fingerprint density at radius 2 is 1.85 bits per heavy atom. The molecule has 0 spiro atoms. The maximum absolute atomic E-state index is 12.7. The van der Waals surface area contributed by atoms with E-state index in [0.29, 0.717) is 31.8 Å². The number of aryl methyl sites for hydroxylation is 1. The number of esters is 2. The van der Waals surface area contributed by atoms with Gasteiger partial charge in [0.1, 0.15) is 0 Å². The molecular formula is C25H17BrINO5. The van der Waals surface area contributed by atoms with Crippen LogP contribution >= 0.6 is 38.5 Å². The Labute approximate surface area is 212 Å². The van der Waals surface area contributed by atoms with Crippen LogP contribution in [0.3, 0.4) is 0 Å². The number of aliphatic imine (C=N–C) groups is 1. The van der Waals surface area contributed by atoms with Gasteiger partial charge in [-0.25, -0.2) is 14.6 Å². The van der Waals surface area contributed by atoms with Crippen LogP contribution in [0, 0.1) is 10.5 Å². The van der Waals surface area contributed by atoms with Crippen LogP contribution in [0.25, 0.3) is 6.08 Å². The molecule has 0 aliphatic carbocycles. The highest BCUT2D eigenvalue weighted by atomic mass is 127. The molecule has 4 rings (SSSR count). The third kappa shape index (κ3) is 5.17. The van der Waals surface area contributed by atoms with Gasteiger partial charge in [0.2, 0.25) is 5.90 Å². The number of nitrogens with zero attached hydrogens (tertiary/aromatic N) is 1. The van der Waals surface area contributed by atoms with Crippen LogP contribution in [0.4, 0.5) is 0 Å². The number of methoxy groups -OCH3 is 1. The molecule has 0 saturated heterocycles. The molecule has 0 bridgehead atoms. The lowest BCUT2D eigenvalue weighted by molar-refractivity contribution is -0.129. The number of rotatable bonds is 5. The van der Waals surface area contributed by atoms with Gasteiger partial charge in [0.05, 0.1) is 16.2 Å². The van der Waals surface area contributed by atoms with E-state index in [1.807, 2.05) is 43.3 Å². The SMILES string of the molecule is COc1cc(/C=C2\N=C(c3ccc(Br)cc3)OC2=O)cc(I)c1OC(=O)c1ccccc1C. The zero-order valence-electron chi connectivity index (χ0n) is 17.6. The highest BCUT2D eigenvalue weighted by molar-refractivity contribution is 14.1. The second-order valence-electron chi connectivity index (χ2n) is 7.08. The van der Waals surface area contributed by atoms with Gasteiger partial charge in [-0.05, 0) is 89.2 Å². The predicted molar refractivity (Wildman–Crippen MR) is 137 cm³/mol. The minimum atomic E-state index is -0.544. The van der Waals surface area contributed by atoms with E-state index in [4.69, 9.17) is 14.2 Å². The largest absolute Gasteiger partial charge is 0.493 e. The Bertz CT molecular complexity index is 1310. The highest BCUT2D eigenvalue weighted by Gasteiger charge is 2.25. The van der Waals surface area contributed by atoms with Crippen LogP contribution < -0.4 is 9.47 Å². The first-order valence-electron chi connectivity index (χ1n) is 9.79. The number of carbonyl (C=O) groups excluding carboxylic acids is 2. The average Bonchev–Trinajstić information content (AvgIpc) is 3.16. The van der Waals surface area contributed by atoms with Gasteiger partial charge in [-0.15, -0.1) is 0 Å². The summed E-state index contributed by atoms with van der Waals surface area (Å²) < 4.78 is 18.0. The average molecular weight is 618 g/mol. The van der Waals surface area contributed by atoms with E-state index in [0.717, 1.165) is 10.0 Å². The van der Waals surface area contributed by atoms with Crippen molar-refractivity contribution in [2.45, 2.75) is 6.92 Å². The minimum absolute atomic E-state index is 0.162. The predicted octanol–water partition coefficient (Wildman–Crippen LogP) is 5.93. The molecule has 0 fully saturated rings. The summed E-state index contributed by atoms with van der Waals surface area (Å²) in [7, 11) is 1.49. The maximum atomic E-state index is 12.7. The van der Waals surface area contributed by atoms with Crippen LogP contribution in [0.2, 0.25) is 0 Å². The zero-order valence-corrected chi connectivity index (χ0v) is 21.3. The van der Waals surface area contributed by atoms with Crippen LogP contribution in [0.5, 0.6) is 11.5 Å². The molecule has 0 unspecified atom stereocenters. The first kappa shape index (κ1) is 23.2. The summed E-state index contributed by atoms with van der Waals surface area (Å²) in [4.78, 5) is 29.4. The van der Waals surface area contributed by atoms with Gasteiger partial charge in [0.25, 0.3) is 0 Å². The number of cyclic esters (lactones) is 1. The quantitative estimate of drug-likeness (QED) is 0.153. The van der Waals surface area contributed by atoms with Crippen LogP contribution in [-0.4, -0.2) is 24.9 Å². The molecule has 1 heterocycles. The van der Waals surface area contributed by atoms with E-state index in [9.17, 15) is 9.59 Å². The fourth-order valence-electron chi connectivity index (χ4n) is 3.15. The van der Waals surface area contributed by atoms with E-state index in [2.05, 4.69) is 43.5 Å². The third-order valence-corrected chi connectivity index (χ3v) is 6.16. The lowest BCUT2D eigenvalue weighted by atomic mass is 10.1. The molecule has 0 aromatic heterocycles. The lowest BCUT2D eigenvalue weighted by Gasteiger charge is -2.13. The molecule has 0 amide bonds. The van der Waals surface area contributed by atoms with Gasteiger partial charge < -0.3 is 14.2 Å². The van der Waals surface area contributed by atoms with Gasteiger partial charge in [-0.1, -0.05) is 34.1 Å². The fraction of sp³-hybridized carbons (Fsp3) is 0.0800. The topological polar surface area (TPSA) is 74.2 Å². The van der Waals surface area contributed by atoms with Crippen LogP contribution in [0.1, 0.15) is 27.0 Å². The second kappa shape index (κ2) is 9.88. The van der Waals surface area contributed by atoms with Crippen molar-refractivity contribution in [3.05, 3.63) is 96.7 Å². The molecule has 6 nitrogen and oxygen atoms in total. The number of halogens is 2. The number of hydrogen-bond acceptors (Lipinski definition) is 6. The van der Waals surface area contributed by atoms with Gasteiger partial charge in [0, 0.05) is 10.0 Å². The normalized spacial score (nSPS) is 14.1. The summed E-state index contributed by atoms with van der Waals surface area (Å²) in [5.41, 5.74) is 2.80. The Morgan fingerprint density at radius 1 is 1.12 bits per heavy atom. The molecular weight excluding hydrogens is 601 g/mol. The van der Waals surface area contributed by atoms with E-state index in [1.165, 1.54) is 7.11 Å². The monoisotopic (exact) mass is 617 g/mol. The molecule has 8 heteroatoms. The second-order valence-corrected chi connectivity index (χ2v) is 9.16. The van der Waals surface area contributed by atoms with Crippen molar-refractivity contribution in [3.8, 4) is 11.5 Å². The molecule has 0 atom stereocenters. The Morgan fingerprint density at radius 3 is 2.55 bits per heavy atom. The zero-order chi connectivity index (χ0) is 23.5. The van der Waals surface area contributed by atoms with E-state index < -0.39 is 11.9 Å². The lowest BCUT2D eigenvalue weighted by Crippen LogP contribution is -2.11. The standard InChI is InChI=1S/C25H17BrINO5/c1-14-5-3-4-6-18(14)24(29)32-22-19(27)11-15(13-21(22)31-2)12-20-25(30)33-23(28-20)16-7-9-17(26)10-8-16/h3-13H,1-2H3/b20-12-. The first-order valence-corrected chi connectivity index (χ1v) is 11.7. The van der Waals surface area contributed by atoms with E-state index >= 15 is 0 Å². The van der Waals surface area contributed by atoms with Crippen molar-refractivity contribution >= 4 is 62.4 Å². The Hall–Kier alpha value is -2.98. The van der Waals surface area contributed by atoms with Crippen LogP contribution in [0.15, 0.2) is 75.8 Å². The Kier molecular flexibility index (Phi) is 6.94. The number of carbonyl (C=O) groups is 2. The third-order valence-electron chi connectivity index (χ3n) is 4.83. The molecule has 166 valence electrons. The molecule has 33 heavy (non-hydrogen) atoms. The highest BCUT2D eigenvalue weighted by Crippen LogP contribution is 2.36. The summed E-state index contributed by atoms with van der Waals surface area (Å²) in [6, 6.07) is 18.0.